The Kier molecular flexibility index (Phi) is 5.52. The number of aliphatic hydroxyl groups is 1. The molecule has 4 aliphatic carbocycles. The summed E-state index contributed by atoms with van der Waals surface area (Å²) in [6.45, 7) is 12.1. The number of Topliss-reactive ketones (excluding diaryl/α,β-unsaturated/α-hetero) is 1. The Balaban J connectivity index is 1.68. The van der Waals surface area contributed by atoms with Gasteiger partial charge in [-0.25, -0.2) is 0 Å². The standard InChI is InChI=1S/C26H44O2/c1-6-8-16(3)19-9-10-20-23-21(12-14-25(19,20)4)26(5)13-11-17(27)15-22(26)18(7-2)24(23)28/h16-23,27H,6-15H2,1-5H3/t16-,17-,18-,19-,20?,21?,22+,23+,25-,26-/m1/s1. The van der Waals surface area contributed by atoms with Gasteiger partial charge in [-0.15, -0.1) is 0 Å². The number of fused-ring (bicyclic) bond motifs is 5. The van der Waals surface area contributed by atoms with Gasteiger partial charge in [-0.1, -0.05) is 47.5 Å². The molecule has 28 heavy (non-hydrogen) atoms. The van der Waals surface area contributed by atoms with Gasteiger partial charge in [-0.3, -0.25) is 4.79 Å². The number of rotatable bonds is 4. The Labute approximate surface area is 173 Å². The Morgan fingerprint density at radius 1 is 1.00 bits per heavy atom. The van der Waals surface area contributed by atoms with Crippen LogP contribution < -0.4 is 0 Å². The number of hydrogen-bond acceptors (Lipinski definition) is 2. The van der Waals surface area contributed by atoms with Gasteiger partial charge in [-0.2, -0.15) is 0 Å². The van der Waals surface area contributed by atoms with Gasteiger partial charge < -0.3 is 5.11 Å². The van der Waals surface area contributed by atoms with E-state index in [-0.39, 0.29) is 17.4 Å². The Morgan fingerprint density at radius 3 is 2.36 bits per heavy atom. The molecular weight excluding hydrogens is 344 g/mol. The summed E-state index contributed by atoms with van der Waals surface area (Å²) in [5, 5.41) is 10.4. The minimum Gasteiger partial charge on any atom is -0.393 e. The maximum Gasteiger partial charge on any atom is 0.139 e. The smallest absolute Gasteiger partial charge is 0.139 e. The van der Waals surface area contributed by atoms with Gasteiger partial charge in [0, 0.05) is 11.8 Å². The van der Waals surface area contributed by atoms with Crippen molar-refractivity contribution in [2.24, 2.45) is 52.3 Å². The van der Waals surface area contributed by atoms with Crippen LogP contribution in [-0.2, 0) is 4.79 Å². The molecule has 2 unspecified atom stereocenters. The lowest BCUT2D eigenvalue weighted by molar-refractivity contribution is -0.173. The van der Waals surface area contributed by atoms with Crippen molar-refractivity contribution >= 4 is 5.78 Å². The summed E-state index contributed by atoms with van der Waals surface area (Å²) in [5.74, 6) is 4.30. The van der Waals surface area contributed by atoms with E-state index in [0.717, 1.165) is 37.5 Å². The first kappa shape index (κ1) is 20.9. The van der Waals surface area contributed by atoms with E-state index in [9.17, 15) is 9.90 Å². The highest BCUT2D eigenvalue weighted by Crippen LogP contribution is 2.68. The van der Waals surface area contributed by atoms with Crippen LogP contribution in [0.15, 0.2) is 0 Å². The van der Waals surface area contributed by atoms with E-state index >= 15 is 0 Å². The maximum atomic E-state index is 13.9. The van der Waals surface area contributed by atoms with Gasteiger partial charge >= 0.3 is 0 Å². The first-order chi connectivity index (χ1) is 13.3. The molecular formula is C26H44O2. The molecule has 0 amide bonds. The molecule has 2 nitrogen and oxygen atoms in total. The lowest BCUT2D eigenvalue weighted by Crippen LogP contribution is -2.60. The predicted molar refractivity (Wildman–Crippen MR) is 115 cm³/mol. The van der Waals surface area contributed by atoms with Gasteiger partial charge in [0.15, 0.2) is 0 Å². The summed E-state index contributed by atoms with van der Waals surface area (Å²) >= 11 is 0. The molecule has 2 heteroatoms. The molecule has 0 aliphatic heterocycles. The summed E-state index contributed by atoms with van der Waals surface area (Å²) < 4.78 is 0. The van der Waals surface area contributed by atoms with Crippen LogP contribution in [0.4, 0.5) is 0 Å². The van der Waals surface area contributed by atoms with Crippen molar-refractivity contribution < 1.29 is 9.90 Å². The van der Waals surface area contributed by atoms with Crippen LogP contribution in [0.2, 0.25) is 0 Å². The molecule has 1 N–H and O–H groups in total. The maximum absolute atomic E-state index is 13.9. The summed E-state index contributed by atoms with van der Waals surface area (Å²) in [4.78, 5) is 13.9. The molecule has 0 aromatic carbocycles. The summed E-state index contributed by atoms with van der Waals surface area (Å²) in [5.41, 5.74) is 0.647. The number of carbonyl (C=O) groups is 1. The summed E-state index contributed by atoms with van der Waals surface area (Å²) in [7, 11) is 0. The third-order valence-corrected chi connectivity index (χ3v) is 10.6. The van der Waals surface area contributed by atoms with Crippen molar-refractivity contribution in [3.63, 3.8) is 0 Å². The van der Waals surface area contributed by atoms with E-state index in [0.29, 0.717) is 34.9 Å². The molecule has 0 aromatic rings. The lowest BCUT2D eigenvalue weighted by Gasteiger charge is -2.62. The second kappa shape index (κ2) is 7.40. The van der Waals surface area contributed by atoms with E-state index in [4.69, 9.17) is 0 Å². The van der Waals surface area contributed by atoms with Crippen LogP contribution in [0.25, 0.3) is 0 Å². The third kappa shape index (κ3) is 2.87. The van der Waals surface area contributed by atoms with Crippen molar-refractivity contribution in [2.75, 3.05) is 0 Å². The molecule has 0 bridgehead atoms. The average molecular weight is 389 g/mol. The SMILES string of the molecule is CCC[C@@H](C)[C@H]1CCC2[C@@H]3C(=O)[C@H](CC)[C@@H]4C[C@H](O)CC[C@]4(C)C3CC[C@@]21C. The van der Waals surface area contributed by atoms with E-state index in [1.807, 2.05) is 0 Å². The van der Waals surface area contributed by atoms with E-state index < -0.39 is 0 Å². The molecule has 4 saturated carbocycles. The first-order valence-corrected chi connectivity index (χ1v) is 12.5. The Hall–Kier alpha value is -0.370. The van der Waals surface area contributed by atoms with Crippen molar-refractivity contribution in [1.29, 1.82) is 0 Å². The minimum atomic E-state index is -0.184. The molecule has 10 atom stereocenters. The lowest BCUT2D eigenvalue weighted by atomic mass is 9.42. The predicted octanol–water partition coefficient (Wildman–Crippen LogP) is 6.26. The fourth-order valence-electron chi connectivity index (χ4n) is 9.27. The van der Waals surface area contributed by atoms with Crippen molar-refractivity contribution in [3.8, 4) is 0 Å². The van der Waals surface area contributed by atoms with E-state index in [2.05, 4.69) is 34.6 Å². The topological polar surface area (TPSA) is 37.3 Å². The monoisotopic (exact) mass is 388 g/mol. The number of carbonyl (C=O) groups excluding carboxylic acids is 1. The minimum absolute atomic E-state index is 0.184. The molecule has 4 fully saturated rings. The second-order valence-electron chi connectivity index (χ2n) is 11.7. The molecule has 0 heterocycles. The highest BCUT2D eigenvalue weighted by molar-refractivity contribution is 5.86. The number of ketones is 1. The molecule has 4 rings (SSSR count). The fraction of sp³-hybridized carbons (Fsp3) is 0.962. The highest BCUT2D eigenvalue weighted by Gasteiger charge is 2.64. The Morgan fingerprint density at radius 2 is 1.68 bits per heavy atom. The zero-order valence-electron chi connectivity index (χ0n) is 19.0. The van der Waals surface area contributed by atoms with Crippen molar-refractivity contribution in [3.05, 3.63) is 0 Å². The summed E-state index contributed by atoms with van der Waals surface area (Å²) in [6, 6.07) is 0. The fourth-order valence-corrected chi connectivity index (χ4v) is 9.27. The molecule has 0 saturated heterocycles. The Bertz CT molecular complexity index is 599. The average Bonchev–Trinajstić information content (AvgIpc) is 3.01. The molecule has 0 radical (unpaired) electrons. The zero-order chi connectivity index (χ0) is 20.3. The van der Waals surface area contributed by atoms with Crippen molar-refractivity contribution in [2.45, 2.75) is 105 Å². The van der Waals surface area contributed by atoms with Crippen LogP contribution in [0.1, 0.15) is 98.8 Å². The van der Waals surface area contributed by atoms with Gasteiger partial charge in [0.25, 0.3) is 0 Å². The zero-order valence-corrected chi connectivity index (χ0v) is 19.0. The molecule has 0 aromatic heterocycles. The van der Waals surface area contributed by atoms with Crippen LogP contribution in [0.3, 0.4) is 0 Å². The number of aliphatic hydroxyl groups excluding tert-OH is 1. The normalized spacial score (nSPS) is 51.9. The number of hydrogen-bond donors (Lipinski definition) is 1. The third-order valence-electron chi connectivity index (χ3n) is 10.6. The van der Waals surface area contributed by atoms with Gasteiger partial charge in [-0.05, 0) is 91.8 Å². The first-order valence-electron chi connectivity index (χ1n) is 12.5. The van der Waals surface area contributed by atoms with Gasteiger partial charge in [0.05, 0.1) is 6.10 Å². The van der Waals surface area contributed by atoms with Crippen LogP contribution in [0.5, 0.6) is 0 Å². The highest BCUT2D eigenvalue weighted by atomic mass is 16.3. The second-order valence-corrected chi connectivity index (χ2v) is 11.7. The van der Waals surface area contributed by atoms with E-state index in [1.54, 1.807) is 0 Å². The quantitative estimate of drug-likeness (QED) is 0.617. The molecule has 4 aliphatic rings. The molecule has 160 valence electrons. The van der Waals surface area contributed by atoms with E-state index in [1.165, 1.54) is 38.5 Å². The van der Waals surface area contributed by atoms with Crippen molar-refractivity contribution in [1.82, 2.24) is 0 Å². The van der Waals surface area contributed by atoms with Gasteiger partial charge in [0.1, 0.15) is 5.78 Å². The molecule has 0 spiro atoms. The largest absolute Gasteiger partial charge is 0.393 e. The van der Waals surface area contributed by atoms with Crippen LogP contribution in [0, 0.1) is 52.3 Å². The van der Waals surface area contributed by atoms with Gasteiger partial charge in [0.2, 0.25) is 0 Å². The summed E-state index contributed by atoms with van der Waals surface area (Å²) in [6.07, 6.45) is 11.5. The van der Waals surface area contributed by atoms with Crippen LogP contribution in [-0.4, -0.2) is 17.0 Å². The van der Waals surface area contributed by atoms with Crippen LogP contribution >= 0.6 is 0 Å².